The second-order valence-electron chi connectivity index (χ2n) is 16.5. The number of aromatic nitrogens is 1. The number of ether oxygens (including phenoxy) is 1. The number of carbonyl (C=O) groups excluding carboxylic acids is 6. The summed E-state index contributed by atoms with van der Waals surface area (Å²) < 4.78 is 5.65. The molecular weight excluding hydrogens is 813 g/mol. The molecule has 4 N–H and O–H groups in total. The topological polar surface area (TPSA) is 187 Å². The predicted molar refractivity (Wildman–Crippen MR) is 245 cm³/mol. The molecule has 342 valence electrons. The van der Waals surface area contributed by atoms with Gasteiger partial charge in [0.15, 0.2) is 0 Å². The van der Waals surface area contributed by atoms with Crippen molar-refractivity contribution < 1.29 is 38.6 Å². The number of nitrogens with zero attached hydrogens (tertiary/aromatic N) is 3. The molecule has 0 saturated carbocycles. The van der Waals surface area contributed by atoms with E-state index in [9.17, 15) is 33.9 Å². The monoisotopic (exact) mass is 876 g/mol. The van der Waals surface area contributed by atoms with Gasteiger partial charge in [-0.05, 0) is 67.3 Å². The first-order chi connectivity index (χ1) is 30.7. The second-order valence-corrected chi connectivity index (χ2v) is 16.5. The van der Waals surface area contributed by atoms with E-state index in [1.54, 1.807) is 17.0 Å². The van der Waals surface area contributed by atoms with Crippen LogP contribution < -0.4 is 16.0 Å². The van der Waals surface area contributed by atoms with Crippen LogP contribution >= 0.6 is 0 Å². The number of benzene rings is 3. The van der Waals surface area contributed by atoms with E-state index < -0.39 is 66.3 Å². The maximum atomic E-state index is 13.9. The molecule has 0 aliphatic heterocycles. The Bertz CT molecular complexity index is 2110. The molecule has 14 nitrogen and oxygen atoms in total. The van der Waals surface area contributed by atoms with Crippen LogP contribution in [0.2, 0.25) is 0 Å². The van der Waals surface area contributed by atoms with Crippen molar-refractivity contribution >= 4 is 35.5 Å². The fourth-order valence-electron chi connectivity index (χ4n) is 7.25. The highest BCUT2D eigenvalue weighted by atomic mass is 16.5. The molecule has 0 unspecified atom stereocenters. The number of esters is 1. The van der Waals surface area contributed by atoms with E-state index in [4.69, 9.17) is 4.74 Å². The predicted octanol–water partition coefficient (Wildman–Crippen LogP) is 5.28. The van der Waals surface area contributed by atoms with E-state index in [1.807, 2.05) is 119 Å². The van der Waals surface area contributed by atoms with Crippen LogP contribution in [0.3, 0.4) is 0 Å². The van der Waals surface area contributed by atoms with Crippen molar-refractivity contribution in [2.45, 2.75) is 110 Å². The van der Waals surface area contributed by atoms with Crippen molar-refractivity contribution in [3.8, 4) is 0 Å². The van der Waals surface area contributed by atoms with Crippen molar-refractivity contribution in [1.82, 2.24) is 30.7 Å². The van der Waals surface area contributed by atoms with Gasteiger partial charge in [-0.1, -0.05) is 125 Å². The zero-order valence-corrected chi connectivity index (χ0v) is 37.9. The van der Waals surface area contributed by atoms with E-state index in [0.717, 1.165) is 29.5 Å². The summed E-state index contributed by atoms with van der Waals surface area (Å²) in [6.07, 6.45) is 0.209. The van der Waals surface area contributed by atoms with E-state index in [2.05, 4.69) is 20.9 Å². The fourth-order valence-corrected chi connectivity index (χ4v) is 7.25. The van der Waals surface area contributed by atoms with Crippen molar-refractivity contribution in [2.75, 3.05) is 20.1 Å². The number of likely N-dealkylation sites (N-methyl/N-ethyl adjacent to an activating group) is 1. The molecule has 1 aromatic heterocycles. The smallest absolute Gasteiger partial charge is 0.329 e. The summed E-state index contributed by atoms with van der Waals surface area (Å²) in [4.78, 5) is 89.1. The lowest BCUT2D eigenvalue weighted by Crippen LogP contribution is -2.56. The molecule has 5 amide bonds. The zero-order valence-electron chi connectivity index (χ0n) is 37.9. The molecule has 0 saturated heterocycles. The van der Waals surface area contributed by atoms with Gasteiger partial charge in [0, 0.05) is 26.6 Å². The molecule has 0 radical (unpaired) electrons. The highest BCUT2D eigenvalue weighted by Gasteiger charge is 2.34. The Morgan fingerprint density at radius 1 is 0.688 bits per heavy atom. The van der Waals surface area contributed by atoms with Gasteiger partial charge >= 0.3 is 5.97 Å². The Labute approximate surface area is 377 Å². The van der Waals surface area contributed by atoms with E-state index >= 15 is 0 Å². The van der Waals surface area contributed by atoms with E-state index in [-0.39, 0.29) is 49.1 Å². The van der Waals surface area contributed by atoms with Gasteiger partial charge in [0.2, 0.25) is 17.7 Å². The van der Waals surface area contributed by atoms with Crippen LogP contribution in [0.4, 0.5) is 0 Å². The minimum atomic E-state index is -1.40. The average Bonchev–Trinajstić information content (AvgIpc) is 3.29. The Kier molecular flexibility index (Phi) is 20.1. The average molecular weight is 877 g/mol. The van der Waals surface area contributed by atoms with Gasteiger partial charge in [-0.25, -0.2) is 9.78 Å². The molecule has 0 aliphatic carbocycles. The van der Waals surface area contributed by atoms with Gasteiger partial charge < -0.3 is 35.6 Å². The van der Waals surface area contributed by atoms with Crippen LogP contribution in [0, 0.1) is 5.92 Å². The van der Waals surface area contributed by atoms with Crippen LogP contribution in [0.25, 0.3) is 0 Å². The van der Waals surface area contributed by atoms with E-state index in [0.29, 0.717) is 13.1 Å². The summed E-state index contributed by atoms with van der Waals surface area (Å²) in [5.74, 6) is -3.40. The number of rotatable bonds is 24. The molecular formula is C50H64N6O8. The number of nitrogens with one attached hydrogen (secondary N) is 3. The van der Waals surface area contributed by atoms with Crippen LogP contribution in [0.15, 0.2) is 109 Å². The summed E-state index contributed by atoms with van der Waals surface area (Å²) in [7, 11) is 1.49. The number of hydrogen-bond acceptors (Lipinski definition) is 9. The molecule has 3 aromatic carbocycles. The number of aliphatic hydroxyl groups is 1. The maximum absolute atomic E-state index is 13.9. The first-order valence-corrected chi connectivity index (χ1v) is 22.1. The molecule has 0 fully saturated rings. The van der Waals surface area contributed by atoms with Gasteiger partial charge in [0.05, 0.1) is 18.6 Å². The van der Waals surface area contributed by atoms with E-state index in [1.165, 1.54) is 24.9 Å². The highest BCUT2D eigenvalue weighted by molar-refractivity contribution is 5.97. The van der Waals surface area contributed by atoms with Crippen molar-refractivity contribution in [3.63, 3.8) is 0 Å². The molecule has 0 aliphatic rings. The molecule has 4 aromatic rings. The van der Waals surface area contributed by atoms with Crippen molar-refractivity contribution in [1.29, 1.82) is 0 Å². The first-order valence-electron chi connectivity index (χ1n) is 22.1. The molecule has 14 heteroatoms. The van der Waals surface area contributed by atoms with Gasteiger partial charge in [0.25, 0.3) is 11.8 Å². The molecule has 0 spiro atoms. The Morgan fingerprint density at radius 3 is 1.80 bits per heavy atom. The van der Waals surface area contributed by atoms with Crippen molar-refractivity contribution in [3.05, 3.63) is 137 Å². The Morgan fingerprint density at radius 2 is 1.23 bits per heavy atom. The number of aliphatic hydroxyl groups excluding tert-OH is 1. The first kappa shape index (κ1) is 50.2. The third kappa shape index (κ3) is 15.7. The Hall–Kier alpha value is -6.41. The summed E-state index contributed by atoms with van der Waals surface area (Å²) in [6.45, 7) is 10.4. The molecule has 1 heterocycles. The minimum Gasteiger partial charge on any atom is -0.459 e. The lowest BCUT2D eigenvalue weighted by molar-refractivity contribution is -0.156. The summed E-state index contributed by atoms with van der Waals surface area (Å²) in [5, 5.41) is 19.8. The fraction of sp³-hybridized carbons (Fsp3) is 0.420. The standard InChI is InChI=1S/C50H64N6O8/c1-7-27-56(28-8-2)49(62)40-26-18-25-39(52-40)46(59)54-41(30-36-19-12-9-13-20-36)44(57)32-45(58)53-42(29-34(3)4)47(60)51-35(5)48(61)55(6)43(31-37-21-14-10-15-22-37)50(63)64-33-38-23-16-11-17-24-38/h9-26,34-35,41-44,57H,7-8,27-33H2,1-6H3,(H,51,60)(H,53,58)(H,54,59)/t35-,41-,42-,43-,44-/m0/s1. The lowest BCUT2D eigenvalue weighted by Gasteiger charge is -2.30. The number of amides is 5. The van der Waals surface area contributed by atoms with Gasteiger partial charge in [-0.2, -0.15) is 0 Å². The molecule has 0 bridgehead atoms. The van der Waals surface area contributed by atoms with Crippen LogP contribution in [-0.2, 0) is 43.4 Å². The third-order valence-corrected chi connectivity index (χ3v) is 10.6. The molecule has 4 rings (SSSR count). The summed E-state index contributed by atoms with van der Waals surface area (Å²) >= 11 is 0. The SMILES string of the molecule is CCCN(CCC)C(=O)c1cccc(C(=O)N[C@@H](Cc2ccccc2)[C@@H](O)CC(=O)N[C@@H](CC(C)C)C(=O)N[C@@H](C)C(=O)N(C)[C@@H](Cc2ccccc2)C(=O)OCc2ccccc2)n1. The normalized spacial score (nSPS) is 13.4. The van der Waals surface area contributed by atoms with Gasteiger partial charge in [-0.3, -0.25) is 24.0 Å². The van der Waals surface area contributed by atoms with Crippen molar-refractivity contribution in [2.24, 2.45) is 5.92 Å². The highest BCUT2D eigenvalue weighted by Crippen LogP contribution is 2.16. The maximum Gasteiger partial charge on any atom is 0.329 e. The van der Waals surface area contributed by atoms with Crippen LogP contribution in [0.1, 0.15) is 98.0 Å². The van der Waals surface area contributed by atoms with Crippen LogP contribution in [0.5, 0.6) is 0 Å². The van der Waals surface area contributed by atoms with Gasteiger partial charge in [0.1, 0.15) is 36.1 Å². The minimum absolute atomic E-state index is 0.0213. The number of pyridine rings is 1. The number of hydrogen-bond donors (Lipinski definition) is 4. The summed E-state index contributed by atoms with van der Waals surface area (Å²) in [5.41, 5.74) is 2.49. The largest absolute Gasteiger partial charge is 0.459 e. The van der Waals surface area contributed by atoms with Gasteiger partial charge in [-0.15, -0.1) is 0 Å². The summed E-state index contributed by atoms with van der Waals surface area (Å²) in [6, 6.07) is 28.1. The Balaban J connectivity index is 1.45. The lowest BCUT2D eigenvalue weighted by atomic mass is 9.98. The van der Waals surface area contributed by atoms with Crippen LogP contribution in [-0.4, -0.2) is 106 Å². The second kappa shape index (κ2) is 25.6. The molecule has 64 heavy (non-hydrogen) atoms. The third-order valence-electron chi connectivity index (χ3n) is 10.6. The molecule has 5 atom stereocenters. The zero-order chi connectivity index (χ0) is 46.6. The number of carbonyl (C=O) groups is 6. The quantitative estimate of drug-likeness (QED) is 0.0680.